The highest BCUT2D eigenvalue weighted by atomic mass is 16.5. The highest BCUT2D eigenvalue weighted by molar-refractivity contribution is 5.89. The molecule has 184 valence electrons. The lowest BCUT2D eigenvalue weighted by molar-refractivity contribution is -0.946. The zero-order valence-corrected chi connectivity index (χ0v) is 20.6. The second-order valence-electron chi connectivity index (χ2n) is 12.0. The topological polar surface area (TPSA) is 55.8 Å². The molecule has 7 atom stereocenters. The van der Waals surface area contributed by atoms with Crippen LogP contribution in [-0.2, 0) is 27.8 Å². The number of aromatic hydroxyl groups is 1. The Hall–Kier alpha value is -2.37. The quantitative estimate of drug-likeness (QED) is 0.483. The SMILES string of the molecule is C[N@+]1(CC2CC2OCCCc2ccccc2)CC[C@]23c4c5ccc(O)c4O[C@H]2C(=O)CC[C@H]3[C@H]1C5. The Labute approximate surface area is 207 Å². The summed E-state index contributed by atoms with van der Waals surface area (Å²) in [6, 6.07) is 15.0. The van der Waals surface area contributed by atoms with Gasteiger partial charge in [0.1, 0.15) is 0 Å². The maximum absolute atomic E-state index is 13.0. The van der Waals surface area contributed by atoms with Crippen LogP contribution in [0.4, 0.5) is 0 Å². The fourth-order valence-electron chi connectivity index (χ4n) is 8.33. The van der Waals surface area contributed by atoms with E-state index < -0.39 is 6.10 Å². The number of Topliss-reactive ketones (excluding diaryl/α,β-unsaturated/α-hetero) is 1. The summed E-state index contributed by atoms with van der Waals surface area (Å²) in [6.07, 6.45) is 6.90. The first kappa shape index (κ1) is 21.9. The number of carbonyl (C=O) groups excluding carboxylic acids is 1. The highest BCUT2D eigenvalue weighted by Gasteiger charge is 2.69. The van der Waals surface area contributed by atoms with Gasteiger partial charge >= 0.3 is 0 Å². The lowest BCUT2D eigenvalue weighted by atomic mass is 9.51. The third-order valence-corrected chi connectivity index (χ3v) is 10.1. The zero-order chi connectivity index (χ0) is 23.8. The van der Waals surface area contributed by atoms with E-state index in [1.54, 1.807) is 6.07 Å². The van der Waals surface area contributed by atoms with Crippen molar-refractivity contribution in [2.45, 2.75) is 68.6 Å². The van der Waals surface area contributed by atoms with Gasteiger partial charge in [-0.15, -0.1) is 0 Å². The molecular formula is C30H36NO4+. The molecule has 5 aliphatic rings. The predicted molar refractivity (Wildman–Crippen MR) is 133 cm³/mol. The van der Waals surface area contributed by atoms with E-state index >= 15 is 0 Å². The number of nitrogens with zero attached hydrogens (tertiary/aromatic N) is 1. The summed E-state index contributed by atoms with van der Waals surface area (Å²) in [4.78, 5) is 13.0. The molecule has 2 heterocycles. The molecule has 1 saturated heterocycles. The lowest BCUT2D eigenvalue weighted by Crippen LogP contribution is -2.72. The van der Waals surface area contributed by atoms with Crippen LogP contribution in [0.3, 0.4) is 0 Å². The maximum Gasteiger partial charge on any atom is 0.174 e. The summed E-state index contributed by atoms with van der Waals surface area (Å²) >= 11 is 0. The molecule has 1 spiro atoms. The second-order valence-corrected chi connectivity index (χ2v) is 12.0. The van der Waals surface area contributed by atoms with Gasteiger partial charge in [-0.25, -0.2) is 0 Å². The minimum atomic E-state index is -0.401. The van der Waals surface area contributed by atoms with Crippen LogP contribution in [0, 0.1) is 11.8 Å². The number of hydrogen-bond acceptors (Lipinski definition) is 4. The number of aryl methyl sites for hydroxylation is 1. The number of phenolic OH excluding ortho intramolecular Hbond substituents is 1. The molecule has 2 aromatic rings. The molecule has 35 heavy (non-hydrogen) atoms. The van der Waals surface area contributed by atoms with Gasteiger partial charge in [0.15, 0.2) is 23.4 Å². The molecular weight excluding hydrogens is 438 g/mol. The summed E-state index contributed by atoms with van der Waals surface area (Å²) in [5.74, 6) is 2.12. The third-order valence-electron chi connectivity index (χ3n) is 10.1. The van der Waals surface area contributed by atoms with E-state index in [-0.39, 0.29) is 16.9 Å². The van der Waals surface area contributed by atoms with Gasteiger partial charge in [-0.2, -0.15) is 0 Å². The third kappa shape index (κ3) is 3.24. The predicted octanol–water partition coefficient (Wildman–Crippen LogP) is 4.18. The molecule has 2 saturated carbocycles. The zero-order valence-electron chi connectivity index (χ0n) is 20.6. The van der Waals surface area contributed by atoms with Crippen molar-refractivity contribution in [2.75, 3.05) is 26.7 Å². The molecule has 2 aromatic carbocycles. The number of rotatable bonds is 7. The van der Waals surface area contributed by atoms with Crippen LogP contribution in [0.2, 0.25) is 0 Å². The van der Waals surface area contributed by atoms with Crippen molar-refractivity contribution in [3.8, 4) is 11.5 Å². The second kappa shape index (κ2) is 7.81. The van der Waals surface area contributed by atoms with Gasteiger partial charge < -0.3 is 19.1 Å². The largest absolute Gasteiger partial charge is 0.504 e. The van der Waals surface area contributed by atoms with Crippen molar-refractivity contribution in [1.29, 1.82) is 0 Å². The van der Waals surface area contributed by atoms with Crippen LogP contribution in [0.5, 0.6) is 11.5 Å². The molecule has 5 heteroatoms. The van der Waals surface area contributed by atoms with Crippen LogP contribution < -0.4 is 4.74 Å². The molecule has 0 amide bonds. The van der Waals surface area contributed by atoms with Crippen LogP contribution >= 0.6 is 0 Å². The average molecular weight is 475 g/mol. The molecule has 0 aromatic heterocycles. The molecule has 3 fully saturated rings. The van der Waals surface area contributed by atoms with Crippen molar-refractivity contribution in [2.24, 2.45) is 11.8 Å². The van der Waals surface area contributed by atoms with Gasteiger partial charge in [-0.3, -0.25) is 4.79 Å². The number of quaternary nitrogens is 1. The van der Waals surface area contributed by atoms with Crippen LogP contribution in [-0.4, -0.2) is 60.4 Å². The van der Waals surface area contributed by atoms with Crippen molar-refractivity contribution < 1.29 is 23.9 Å². The molecule has 3 aliphatic carbocycles. The lowest BCUT2D eigenvalue weighted by Gasteiger charge is -2.60. The Morgan fingerprint density at radius 3 is 2.91 bits per heavy atom. The van der Waals surface area contributed by atoms with E-state index in [4.69, 9.17) is 9.47 Å². The first-order chi connectivity index (χ1) is 17.0. The van der Waals surface area contributed by atoms with E-state index in [1.165, 1.54) is 29.7 Å². The minimum Gasteiger partial charge on any atom is -0.504 e. The first-order valence-electron chi connectivity index (χ1n) is 13.5. The van der Waals surface area contributed by atoms with Crippen LogP contribution in [0.25, 0.3) is 0 Å². The number of likely N-dealkylation sites (N-methyl/N-ethyl adjacent to an activating group) is 1. The first-order valence-corrected chi connectivity index (χ1v) is 13.5. The van der Waals surface area contributed by atoms with Gasteiger partial charge in [0.25, 0.3) is 0 Å². The van der Waals surface area contributed by atoms with E-state index in [0.29, 0.717) is 36.2 Å². The summed E-state index contributed by atoms with van der Waals surface area (Å²) in [5.41, 5.74) is 3.63. The minimum absolute atomic E-state index is 0.200. The summed E-state index contributed by atoms with van der Waals surface area (Å²) in [6.45, 7) is 3.08. The molecule has 5 nitrogen and oxygen atoms in total. The van der Waals surface area contributed by atoms with Crippen LogP contribution in [0.1, 0.15) is 48.8 Å². The number of hydrogen-bond donors (Lipinski definition) is 1. The Morgan fingerprint density at radius 2 is 2.06 bits per heavy atom. The number of ether oxygens (including phenoxy) is 2. The molecule has 0 radical (unpaired) electrons. The normalized spacial score (nSPS) is 38.1. The molecule has 2 aliphatic heterocycles. The Kier molecular flexibility index (Phi) is 4.88. The summed E-state index contributed by atoms with van der Waals surface area (Å²) in [7, 11) is 2.45. The van der Waals surface area contributed by atoms with E-state index in [2.05, 4.69) is 43.4 Å². The Morgan fingerprint density at radius 1 is 1.20 bits per heavy atom. The van der Waals surface area contributed by atoms with Gasteiger partial charge in [0.2, 0.25) is 0 Å². The molecule has 2 unspecified atom stereocenters. The molecule has 1 N–H and O–H groups in total. The molecule has 7 rings (SSSR count). The van der Waals surface area contributed by atoms with Gasteiger partial charge in [0, 0.05) is 43.3 Å². The van der Waals surface area contributed by atoms with Crippen molar-refractivity contribution in [3.05, 3.63) is 59.2 Å². The number of benzene rings is 2. The average Bonchev–Trinajstić information content (AvgIpc) is 3.48. The monoisotopic (exact) mass is 474 g/mol. The highest BCUT2D eigenvalue weighted by Crippen LogP contribution is 2.64. The fraction of sp³-hybridized carbons (Fsp3) is 0.567. The fourth-order valence-corrected chi connectivity index (χ4v) is 8.33. The summed E-state index contributed by atoms with van der Waals surface area (Å²) in [5, 5.41) is 10.6. The Bertz CT molecular complexity index is 1160. The standard InChI is InChI=1S/C30H35NO4/c1-31(18-21-17-26(21)34-15-5-8-19-6-3-2-4-7-19)14-13-30-22-10-12-25(33)29(30)35-28-24(32)11-9-20(27(28)30)16-23(22)31/h2-4,6-7,9,11,21-23,26,29H,5,8,10,12-18H2,1H3/p+1/t21?,22-,23+,26?,29-,30-,31+/m0/s1. The maximum atomic E-state index is 13.0. The summed E-state index contributed by atoms with van der Waals surface area (Å²) < 4.78 is 13.6. The van der Waals surface area contributed by atoms with Gasteiger partial charge in [-0.1, -0.05) is 36.4 Å². The number of phenols is 1. The van der Waals surface area contributed by atoms with Crippen molar-refractivity contribution in [3.63, 3.8) is 0 Å². The smallest absolute Gasteiger partial charge is 0.174 e. The number of carbonyl (C=O) groups is 1. The van der Waals surface area contributed by atoms with Crippen molar-refractivity contribution >= 4 is 5.78 Å². The number of piperidine rings is 1. The Balaban J connectivity index is 1.06. The number of likely N-dealkylation sites (tertiary alicyclic amines) is 1. The van der Waals surface area contributed by atoms with Crippen LogP contribution in [0.15, 0.2) is 42.5 Å². The number of ketones is 1. The van der Waals surface area contributed by atoms with Gasteiger partial charge in [-0.05, 0) is 42.9 Å². The van der Waals surface area contributed by atoms with E-state index in [0.717, 1.165) is 49.7 Å². The van der Waals surface area contributed by atoms with E-state index in [9.17, 15) is 9.90 Å². The molecule has 2 bridgehead atoms. The van der Waals surface area contributed by atoms with Crippen molar-refractivity contribution in [1.82, 2.24) is 0 Å². The van der Waals surface area contributed by atoms with E-state index in [1.807, 2.05) is 0 Å². The van der Waals surface area contributed by atoms with Gasteiger partial charge in [0.05, 0.1) is 37.7 Å².